The number of Topliss-reactive ketones (excluding diaryl/α,β-unsaturated/α-hetero) is 1. The van der Waals surface area contributed by atoms with Crippen LogP contribution in [0.4, 0.5) is 10.8 Å². The third kappa shape index (κ3) is 5.74. The second kappa shape index (κ2) is 10.9. The van der Waals surface area contributed by atoms with Gasteiger partial charge in [-0.25, -0.2) is 13.4 Å². The van der Waals surface area contributed by atoms with Crippen LogP contribution in [0.3, 0.4) is 0 Å². The van der Waals surface area contributed by atoms with Crippen LogP contribution in [-0.2, 0) is 14.6 Å². The summed E-state index contributed by atoms with van der Waals surface area (Å²) in [5.74, 6) is 0.702. The molecule has 208 valence electrons. The first-order valence-electron chi connectivity index (χ1n) is 14.6. The average Bonchev–Trinajstić information content (AvgIpc) is 3.60. The smallest absolute Gasteiger partial charge is 0.186 e. The molecule has 1 aromatic heterocycles. The zero-order valence-corrected chi connectivity index (χ0v) is 24.2. The van der Waals surface area contributed by atoms with E-state index in [1.54, 1.807) is 11.3 Å². The maximum atomic E-state index is 13.6. The van der Waals surface area contributed by atoms with E-state index in [9.17, 15) is 18.5 Å². The Kier molecular flexibility index (Phi) is 7.45. The Morgan fingerprint density at radius 1 is 0.974 bits per heavy atom. The number of aromatic nitrogens is 1. The molecule has 2 atom stereocenters. The van der Waals surface area contributed by atoms with Gasteiger partial charge in [-0.05, 0) is 62.6 Å². The Balaban J connectivity index is 1.31. The van der Waals surface area contributed by atoms with Gasteiger partial charge in [-0.15, -0.1) is 0 Å². The molecule has 0 radical (unpaired) electrons. The summed E-state index contributed by atoms with van der Waals surface area (Å²) in [5, 5.41) is 10.7. The van der Waals surface area contributed by atoms with Gasteiger partial charge in [-0.1, -0.05) is 36.3 Å². The lowest BCUT2D eigenvalue weighted by molar-refractivity contribution is -0.125. The minimum atomic E-state index is -2.92. The fourth-order valence-corrected chi connectivity index (χ4v) is 8.98. The molecule has 2 aliphatic heterocycles. The number of hydrogen-bond acceptors (Lipinski definition) is 8. The maximum absolute atomic E-state index is 13.6. The van der Waals surface area contributed by atoms with Gasteiger partial charge in [-0.3, -0.25) is 4.79 Å². The van der Waals surface area contributed by atoms with Crippen LogP contribution in [0.5, 0.6) is 0 Å². The summed E-state index contributed by atoms with van der Waals surface area (Å²) in [5.41, 5.74) is 2.82. The SMILES string of the molecule is N#CC1(CC(=O)[C@@H]2CCCC[C@H]2c2nc(N3CCCCC3)sc2-c2ccc(N3CCS(=O)(=O)CC3)cc2)CC1. The number of anilines is 2. The van der Waals surface area contributed by atoms with E-state index in [-0.39, 0.29) is 29.1 Å². The van der Waals surface area contributed by atoms with Crippen LogP contribution in [-0.4, -0.2) is 56.9 Å². The van der Waals surface area contributed by atoms with Crippen LogP contribution >= 0.6 is 11.3 Å². The van der Waals surface area contributed by atoms with E-state index in [0.717, 1.165) is 78.6 Å². The molecule has 7 nitrogen and oxygen atoms in total. The van der Waals surface area contributed by atoms with Gasteiger partial charge in [0.05, 0.1) is 33.6 Å². The number of hydrogen-bond donors (Lipinski definition) is 0. The van der Waals surface area contributed by atoms with E-state index in [1.165, 1.54) is 19.3 Å². The average molecular weight is 567 g/mol. The van der Waals surface area contributed by atoms with Crippen molar-refractivity contribution in [3.63, 3.8) is 0 Å². The van der Waals surface area contributed by atoms with E-state index in [2.05, 4.69) is 40.1 Å². The van der Waals surface area contributed by atoms with Crippen molar-refractivity contribution in [3.8, 4) is 16.5 Å². The molecule has 9 heteroatoms. The molecule has 1 aromatic carbocycles. The highest BCUT2D eigenvalue weighted by molar-refractivity contribution is 7.91. The van der Waals surface area contributed by atoms with Crippen molar-refractivity contribution in [3.05, 3.63) is 30.0 Å². The van der Waals surface area contributed by atoms with E-state index in [1.807, 2.05) is 0 Å². The largest absolute Gasteiger partial charge is 0.369 e. The molecular formula is C30H38N4O3S2. The number of benzene rings is 1. The molecule has 2 saturated carbocycles. The van der Waals surface area contributed by atoms with Gasteiger partial charge in [0.1, 0.15) is 5.78 Å². The lowest BCUT2D eigenvalue weighted by Gasteiger charge is -2.31. The molecule has 39 heavy (non-hydrogen) atoms. The molecular weight excluding hydrogens is 528 g/mol. The van der Waals surface area contributed by atoms with E-state index >= 15 is 0 Å². The van der Waals surface area contributed by atoms with E-state index < -0.39 is 15.3 Å². The van der Waals surface area contributed by atoms with E-state index in [0.29, 0.717) is 19.5 Å². The summed E-state index contributed by atoms with van der Waals surface area (Å²) in [4.78, 5) is 24.6. The molecule has 0 unspecified atom stereocenters. The molecule has 2 aliphatic carbocycles. The van der Waals surface area contributed by atoms with Crippen molar-refractivity contribution in [1.29, 1.82) is 5.26 Å². The van der Waals surface area contributed by atoms with Crippen molar-refractivity contribution in [2.75, 3.05) is 47.5 Å². The van der Waals surface area contributed by atoms with Crippen LogP contribution < -0.4 is 9.80 Å². The first kappa shape index (κ1) is 26.8. The van der Waals surface area contributed by atoms with Gasteiger partial charge in [0.25, 0.3) is 0 Å². The third-order valence-electron chi connectivity index (χ3n) is 9.24. The molecule has 0 bridgehead atoms. The van der Waals surface area contributed by atoms with Gasteiger partial charge in [0, 0.05) is 50.1 Å². The minimum absolute atomic E-state index is 0.0609. The highest BCUT2D eigenvalue weighted by atomic mass is 32.2. The lowest BCUT2D eigenvalue weighted by Crippen LogP contribution is -2.40. The predicted octanol–water partition coefficient (Wildman–Crippen LogP) is 5.57. The van der Waals surface area contributed by atoms with Crippen LogP contribution in [0, 0.1) is 22.7 Å². The molecule has 3 heterocycles. The van der Waals surface area contributed by atoms with Gasteiger partial charge in [0.2, 0.25) is 0 Å². The number of nitriles is 1. The Bertz CT molecular complexity index is 1340. The maximum Gasteiger partial charge on any atom is 0.186 e. The first-order chi connectivity index (χ1) is 18.9. The van der Waals surface area contributed by atoms with Crippen molar-refractivity contribution in [1.82, 2.24) is 4.98 Å². The standard InChI is InChI=1S/C30H38N4O3S2/c31-21-30(12-13-30)20-26(35)24-6-2-3-7-25(24)27-28(38-29(32-27)34-14-4-1-5-15-34)22-8-10-23(11-9-22)33-16-18-39(36,37)19-17-33/h8-11,24-25H,1-7,12-20H2/t24-,25-/m1/s1. The van der Waals surface area contributed by atoms with Crippen LogP contribution in [0.1, 0.15) is 75.8 Å². The zero-order chi connectivity index (χ0) is 27.0. The molecule has 4 fully saturated rings. The number of carbonyl (C=O) groups excluding carboxylic acids is 1. The third-order valence-corrected chi connectivity index (χ3v) is 12.0. The summed E-state index contributed by atoms with van der Waals surface area (Å²) in [6.07, 6.45) is 9.74. The number of rotatable bonds is 7. The number of sulfone groups is 1. The van der Waals surface area contributed by atoms with Crippen molar-refractivity contribution < 1.29 is 13.2 Å². The highest BCUT2D eigenvalue weighted by Crippen LogP contribution is 2.51. The van der Waals surface area contributed by atoms with Gasteiger partial charge in [-0.2, -0.15) is 5.26 Å². The second-order valence-corrected chi connectivity index (χ2v) is 15.3. The molecule has 2 aromatic rings. The summed E-state index contributed by atoms with van der Waals surface area (Å²) < 4.78 is 23.8. The Morgan fingerprint density at radius 3 is 2.33 bits per heavy atom. The lowest BCUT2D eigenvalue weighted by atomic mass is 9.73. The normalized spacial score (nSPS) is 26.1. The predicted molar refractivity (Wildman–Crippen MR) is 156 cm³/mol. The van der Waals surface area contributed by atoms with Crippen molar-refractivity contribution >= 4 is 37.8 Å². The summed E-state index contributed by atoms with van der Waals surface area (Å²) in [6.45, 7) is 3.12. The fourth-order valence-electron chi connectivity index (χ4n) is 6.58. The number of carbonyl (C=O) groups is 1. The van der Waals surface area contributed by atoms with E-state index in [4.69, 9.17) is 4.98 Å². The summed E-state index contributed by atoms with van der Waals surface area (Å²) in [7, 11) is -2.92. The number of piperidine rings is 1. The fraction of sp³-hybridized carbons (Fsp3) is 0.633. The molecule has 0 N–H and O–H groups in total. The number of thiazole rings is 1. The molecule has 6 rings (SSSR count). The molecule has 2 saturated heterocycles. The Labute approximate surface area is 236 Å². The Morgan fingerprint density at radius 2 is 1.67 bits per heavy atom. The summed E-state index contributed by atoms with van der Waals surface area (Å²) >= 11 is 1.76. The number of nitrogens with zero attached hydrogens (tertiary/aromatic N) is 4. The quantitative estimate of drug-likeness (QED) is 0.432. The van der Waals surface area contributed by atoms with Crippen molar-refractivity contribution in [2.24, 2.45) is 11.3 Å². The van der Waals surface area contributed by atoms with Crippen molar-refractivity contribution in [2.45, 2.75) is 70.1 Å². The summed E-state index contributed by atoms with van der Waals surface area (Å²) in [6, 6.07) is 10.9. The monoisotopic (exact) mass is 566 g/mol. The van der Waals surface area contributed by atoms with Crippen LogP contribution in [0.2, 0.25) is 0 Å². The number of ketones is 1. The second-order valence-electron chi connectivity index (χ2n) is 12.0. The Hall–Kier alpha value is -2.44. The topological polar surface area (TPSA) is 94.4 Å². The molecule has 0 spiro atoms. The molecule has 0 amide bonds. The molecule has 4 aliphatic rings. The van der Waals surface area contributed by atoms with Gasteiger partial charge < -0.3 is 9.80 Å². The minimum Gasteiger partial charge on any atom is -0.369 e. The zero-order valence-electron chi connectivity index (χ0n) is 22.6. The van der Waals surface area contributed by atoms with Gasteiger partial charge >= 0.3 is 0 Å². The van der Waals surface area contributed by atoms with Crippen LogP contribution in [0.25, 0.3) is 10.4 Å². The highest BCUT2D eigenvalue weighted by Gasteiger charge is 2.47. The van der Waals surface area contributed by atoms with Gasteiger partial charge in [0.15, 0.2) is 15.0 Å². The van der Waals surface area contributed by atoms with Crippen LogP contribution in [0.15, 0.2) is 24.3 Å². The first-order valence-corrected chi connectivity index (χ1v) is 17.3.